The maximum atomic E-state index is 13.4. The molecule has 4 N–H and O–H groups in total. The maximum absolute atomic E-state index is 13.4. The molecule has 0 bridgehead atoms. The van der Waals surface area contributed by atoms with E-state index in [0.717, 1.165) is 10.6 Å². The van der Waals surface area contributed by atoms with Crippen LogP contribution in [0.1, 0.15) is 24.1 Å². The van der Waals surface area contributed by atoms with Gasteiger partial charge in [0.25, 0.3) is 0 Å². The third kappa shape index (κ3) is 4.89. The third-order valence-corrected chi connectivity index (χ3v) is 7.82. The lowest BCUT2D eigenvalue weighted by molar-refractivity contribution is -0.141. The van der Waals surface area contributed by atoms with Crippen molar-refractivity contribution < 1.29 is 31.5 Å². The van der Waals surface area contributed by atoms with Crippen molar-refractivity contribution >= 4 is 27.6 Å². The number of alkyl halides is 3. The highest BCUT2D eigenvalue weighted by Crippen LogP contribution is 2.33. The summed E-state index contributed by atoms with van der Waals surface area (Å²) in [5, 5.41) is 11.1. The Kier molecular flexibility index (Phi) is 6.36. The van der Waals surface area contributed by atoms with Crippen molar-refractivity contribution in [3.63, 3.8) is 0 Å². The summed E-state index contributed by atoms with van der Waals surface area (Å²) in [4.78, 5) is 18.2. The number of amides is 1. The van der Waals surface area contributed by atoms with Crippen LogP contribution in [0.3, 0.4) is 0 Å². The average molecular weight is 513 g/mol. The topological polar surface area (TPSA) is 143 Å². The van der Waals surface area contributed by atoms with Crippen LogP contribution in [-0.4, -0.2) is 57.9 Å². The van der Waals surface area contributed by atoms with Gasteiger partial charge in [-0.15, -0.1) is 0 Å². The summed E-state index contributed by atoms with van der Waals surface area (Å²) in [6, 6.07) is 4.41. The van der Waals surface area contributed by atoms with E-state index in [-0.39, 0.29) is 41.8 Å². The Morgan fingerprint density at radius 2 is 2.09 bits per heavy atom. The number of hydrogen-bond donors (Lipinski definition) is 3. The van der Waals surface area contributed by atoms with Crippen molar-refractivity contribution in [3.8, 4) is 11.3 Å². The molecule has 1 unspecified atom stereocenters. The second kappa shape index (κ2) is 9.00. The first-order valence-electron chi connectivity index (χ1n) is 10.7. The molecule has 1 saturated heterocycles. The molecule has 188 valence electrons. The van der Waals surface area contributed by atoms with Gasteiger partial charge in [0.2, 0.25) is 10.0 Å². The molecule has 3 heterocycles. The standard InChI is InChI=1S/C21H23F3N6O4S/c1-12-4-5-14(35(33,34)29-6-2-3-13(10-29)8-27-20(31)32)7-15(12)16-9-26-19-18(25)28-17(11-30(16)19)21(22,23)24/h4-5,7,9,11,13,27H,2-3,6,8,10H2,1H3,(H2,25,28)(H,31,32). The van der Waals surface area contributed by atoms with Crippen molar-refractivity contribution in [1.82, 2.24) is 24.0 Å². The fourth-order valence-corrected chi connectivity index (χ4v) is 5.76. The van der Waals surface area contributed by atoms with E-state index in [1.54, 1.807) is 13.0 Å². The Balaban J connectivity index is 1.72. The summed E-state index contributed by atoms with van der Waals surface area (Å²) in [5.41, 5.74) is 5.75. The number of aryl methyl sites for hydroxylation is 1. The average Bonchev–Trinajstić information content (AvgIpc) is 3.22. The Morgan fingerprint density at radius 1 is 1.34 bits per heavy atom. The first-order chi connectivity index (χ1) is 16.4. The van der Waals surface area contributed by atoms with E-state index in [1.807, 2.05) is 0 Å². The highest BCUT2D eigenvalue weighted by molar-refractivity contribution is 7.89. The fourth-order valence-electron chi connectivity index (χ4n) is 4.18. The summed E-state index contributed by atoms with van der Waals surface area (Å²) in [5.74, 6) is -0.573. The van der Waals surface area contributed by atoms with Crippen LogP contribution in [0, 0.1) is 12.8 Å². The predicted octanol–water partition coefficient (Wildman–Crippen LogP) is 2.97. The fraction of sp³-hybridized carbons (Fsp3) is 0.381. The second-order valence-corrected chi connectivity index (χ2v) is 10.3. The summed E-state index contributed by atoms with van der Waals surface area (Å²) in [6.07, 6.45) is -2.55. The van der Waals surface area contributed by atoms with Gasteiger partial charge in [-0.2, -0.15) is 17.5 Å². The minimum Gasteiger partial charge on any atom is -0.465 e. The Morgan fingerprint density at radius 3 is 2.77 bits per heavy atom. The lowest BCUT2D eigenvalue weighted by atomic mass is 10.00. The predicted molar refractivity (Wildman–Crippen MR) is 120 cm³/mol. The molecule has 0 aliphatic carbocycles. The molecule has 35 heavy (non-hydrogen) atoms. The van der Waals surface area contributed by atoms with Gasteiger partial charge in [0.15, 0.2) is 17.2 Å². The van der Waals surface area contributed by atoms with Gasteiger partial charge in [0.05, 0.1) is 16.8 Å². The Hall–Kier alpha value is -3.39. The van der Waals surface area contributed by atoms with Crippen molar-refractivity contribution in [3.05, 3.63) is 41.9 Å². The number of aromatic nitrogens is 3. The summed E-state index contributed by atoms with van der Waals surface area (Å²) < 4.78 is 69.1. The van der Waals surface area contributed by atoms with Gasteiger partial charge in [0, 0.05) is 31.4 Å². The molecule has 14 heteroatoms. The molecule has 2 aromatic heterocycles. The molecule has 1 amide bonds. The molecule has 1 aromatic carbocycles. The molecule has 1 aliphatic rings. The van der Waals surface area contributed by atoms with Gasteiger partial charge in [0.1, 0.15) is 0 Å². The number of carbonyl (C=O) groups is 1. The van der Waals surface area contributed by atoms with Crippen LogP contribution in [0.25, 0.3) is 16.9 Å². The SMILES string of the molecule is Cc1ccc(S(=O)(=O)N2CCCC(CNC(=O)O)C2)cc1-c1cnc2c(N)nc(C(F)(F)F)cn12. The number of imidazole rings is 1. The number of piperidine rings is 1. The van der Waals surface area contributed by atoms with Gasteiger partial charge >= 0.3 is 12.3 Å². The van der Waals surface area contributed by atoms with Gasteiger partial charge in [-0.1, -0.05) is 6.07 Å². The zero-order chi connectivity index (χ0) is 25.5. The summed E-state index contributed by atoms with van der Waals surface area (Å²) >= 11 is 0. The quantitative estimate of drug-likeness (QED) is 0.477. The molecule has 3 aromatic rings. The van der Waals surface area contributed by atoms with E-state index in [0.29, 0.717) is 24.0 Å². The number of carboxylic acid groups (broad SMARTS) is 1. The number of fused-ring (bicyclic) bond motifs is 1. The number of nitrogen functional groups attached to an aromatic ring is 1. The molecule has 0 radical (unpaired) electrons. The molecule has 4 rings (SSSR count). The van der Waals surface area contributed by atoms with Crippen molar-refractivity contribution in [1.29, 1.82) is 0 Å². The lowest BCUT2D eigenvalue weighted by Gasteiger charge is -2.32. The number of halogens is 3. The Bertz CT molecular complexity index is 1390. The molecule has 1 aliphatic heterocycles. The van der Waals surface area contributed by atoms with Crippen LogP contribution < -0.4 is 11.1 Å². The largest absolute Gasteiger partial charge is 0.465 e. The number of nitrogens with zero attached hydrogens (tertiary/aromatic N) is 4. The van der Waals surface area contributed by atoms with Crippen molar-refractivity contribution in [2.24, 2.45) is 5.92 Å². The number of hydrogen-bond acceptors (Lipinski definition) is 6. The van der Waals surface area contributed by atoms with Gasteiger partial charge in [-0.05, 0) is 43.4 Å². The number of benzene rings is 1. The number of rotatable bonds is 5. The highest BCUT2D eigenvalue weighted by Gasteiger charge is 2.34. The van der Waals surface area contributed by atoms with E-state index >= 15 is 0 Å². The first-order valence-corrected chi connectivity index (χ1v) is 12.1. The number of nitrogens with one attached hydrogen (secondary N) is 1. The zero-order valence-corrected chi connectivity index (χ0v) is 19.4. The van der Waals surface area contributed by atoms with Gasteiger partial charge in [-0.25, -0.2) is 23.2 Å². The van der Waals surface area contributed by atoms with Crippen LogP contribution in [0.4, 0.5) is 23.8 Å². The number of sulfonamides is 1. The first kappa shape index (κ1) is 24.7. The minimum atomic E-state index is -4.73. The van der Waals surface area contributed by atoms with Crippen LogP contribution in [-0.2, 0) is 16.2 Å². The monoisotopic (exact) mass is 512 g/mol. The van der Waals surface area contributed by atoms with E-state index in [9.17, 15) is 26.4 Å². The number of anilines is 1. The van der Waals surface area contributed by atoms with Gasteiger partial charge in [-0.3, -0.25) is 4.40 Å². The molecular weight excluding hydrogens is 489 g/mol. The van der Waals surface area contributed by atoms with Crippen molar-refractivity contribution in [2.75, 3.05) is 25.4 Å². The summed E-state index contributed by atoms with van der Waals surface area (Å²) in [6.45, 7) is 2.27. The van der Waals surface area contributed by atoms with Crippen molar-refractivity contribution in [2.45, 2.75) is 30.8 Å². The normalized spacial score (nSPS) is 17.5. The smallest absolute Gasteiger partial charge is 0.434 e. The molecule has 0 saturated carbocycles. The second-order valence-electron chi connectivity index (χ2n) is 8.38. The minimum absolute atomic E-state index is 0.0189. The lowest BCUT2D eigenvalue weighted by Crippen LogP contribution is -2.43. The molecule has 0 spiro atoms. The van der Waals surface area contributed by atoms with Crippen LogP contribution in [0.15, 0.2) is 35.5 Å². The van der Waals surface area contributed by atoms with E-state index in [1.165, 1.54) is 22.6 Å². The third-order valence-electron chi connectivity index (χ3n) is 5.96. The Labute approximate surface area is 198 Å². The maximum Gasteiger partial charge on any atom is 0.434 e. The van der Waals surface area contributed by atoms with E-state index in [2.05, 4.69) is 15.3 Å². The van der Waals surface area contributed by atoms with Crippen LogP contribution >= 0.6 is 0 Å². The highest BCUT2D eigenvalue weighted by atomic mass is 32.2. The summed E-state index contributed by atoms with van der Waals surface area (Å²) in [7, 11) is -3.95. The molecule has 10 nitrogen and oxygen atoms in total. The van der Waals surface area contributed by atoms with Crippen LogP contribution in [0.2, 0.25) is 0 Å². The molecular formula is C21H23F3N6O4S. The van der Waals surface area contributed by atoms with Gasteiger partial charge < -0.3 is 16.2 Å². The van der Waals surface area contributed by atoms with E-state index < -0.39 is 33.8 Å². The zero-order valence-electron chi connectivity index (χ0n) is 18.6. The van der Waals surface area contributed by atoms with E-state index in [4.69, 9.17) is 10.8 Å². The van der Waals surface area contributed by atoms with Crippen LogP contribution in [0.5, 0.6) is 0 Å². The molecule has 1 fully saturated rings. The molecule has 1 atom stereocenters. The number of nitrogens with two attached hydrogens (primary N) is 1.